The van der Waals surface area contributed by atoms with Crippen LogP contribution in [0.2, 0.25) is 18.1 Å². The SMILES string of the molecule is CC(c1ccccc1)[C@H](N)C(=O)N[C@@H](Cc1ccc(O)cc1)C(=O)N[C@H](C(=O)N[C@H](C(=O)N[C@H]([C]=O)CO[Si](C)(C)C(C)(C)C)C(O)C1CNC(=N)N1)C(O)C1CNC(=N)N1. The molecule has 15 N–H and O–H groups in total. The molecule has 0 aromatic heterocycles. The number of aliphatic hydroxyl groups excluding tert-OH is 2. The van der Waals surface area contributed by atoms with Gasteiger partial charge in [0.2, 0.25) is 29.9 Å². The number of hydrogen-bond acceptors (Lipinski definition) is 12. The van der Waals surface area contributed by atoms with Crippen LogP contribution in [0.1, 0.15) is 44.7 Å². The van der Waals surface area contributed by atoms with Gasteiger partial charge in [0, 0.05) is 25.4 Å². The van der Waals surface area contributed by atoms with Crippen LogP contribution in [0.25, 0.3) is 0 Å². The molecule has 2 aromatic rings. The van der Waals surface area contributed by atoms with Crippen LogP contribution >= 0.6 is 0 Å². The lowest BCUT2D eigenvalue weighted by Crippen LogP contribution is -2.67. The third kappa shape index (κ3) is 12.9. The van der Waals surface area contributed by atoms with E-state index in [2.05, 4.69) is 42.5 Å². The highest BCUT2D eigenvalue weighted by Gasteiger charge is 2.44. The summed E-state index contributed by atoms with van der Waals surface area (Å²) in [5.41, 5.74) is 7.67. The molecule has 0 saturated carbocycles. The smallest absolute Gasteiger partial charge is 0.246 e. The maximum absolute atomic E-state index is 14.4. The number of phenols is 1. The zero-order valence-electron chi connectivity index (χ0n) is 35.2. The van der Waals surface area contributed by atoms with E-state index in [1.54, 1.807) is 25.3 Å². The van der Waals surface area contributed by atoms with Crippen LogP contribution in [0.3, 0.4) is 0 Å². The molecule has 333 valence electrons. The summed E-state index contributed by atoms with van der Waals surface area (Å²) in [5.74, 6) is -4.68. The molecule has 10 atom stereocenters. The van der Waals surface area contributed by atoms with Crippen molar-refractivity contribution < 1.29 is 43.7 Å². The fourth-order valence-electron chi connectivity index (χ4n) is 6.40. The van der Waals surface area contributed by atoms with Gasteiger partial charge >= 0.3 is 0 Å². The Morgan fingerprint density at radius 2 is 1.34 bits per heavy atom. The van der Waals surface area contributed by atoms with Gasteiger partial charge in [-0.25, -0.2) is 0 Å². The third-order valence-corrected chi connectivity index (χ3v) is 15.9. The van der Waals surface area contributed by atoms with Gasteiger partial charge in [0.1, 0.15) is 42.1 Å². The first kappa shape index (κ1) is 48.1. The van der Waals surface area contributed by atoms with Crippen molar-refractivity contribution in [2.45, 2.75) is 113 Å². The number of amides is 4. The molecule has 4 amide bonds. The van der Waals surface area contributed by atoms with E-state index in [4.69, 9.17) is 21.0 Å². The number of carbonyl (C=O) groups is 4. The van der Waals surface area contributed by atoms with Gasteiger partial charge in [-0.2, -0.15) is 0 Å². The van der Waals surface area contributed by atoms with Gasteiger partial charge in [-0.3, -0.25) is 34.8 Å². The molecule has 2 aliphatic rings. The second-order valence-electron chi connectivity index (χ2n) is 16.9. The summed E-state index contributed by atoms with van der Waals surface area (Å²) in [6, 6.07) is 5.29. The summed E-state index contributed by atoms with van der Waals surface area (Å²) in [6.45, 7) is 11.3. The number of hydrogen-bond donors (Lipinski definition) is 14. The molecule has 0 aliphatic carbocycles. The fraction of sp³-hybridized carbons (Fsp3) is 0.525. The van der Waals surface area contributed by atoms with Crippen molar-refractivity contribution in [2.24, 2.45) is 5.73 Å². The highest BCUT2D eigenvalue weighted by Crippen LogP contribution is 2.36. The summed E-state index contributed by atoms with van der Waals surface area (Å²) in [4.78, 5) is 68.4. The number of nitrogens with one attached hydrogen (secondary N) is 10. The molecular formula is C40H60N11O9Si. The van der Waals surface area contributed by atoms with Crippen molar-refractivity contribution in [1.29, 1.82) is 10.8 Å². The van der Waals surface area contributed by atoms with E-state index in [-0.39, 0.29) is 48.8 Å². The zero-order valence-corrected chi connectivity index (χ0v) is 36.2. The maximum atomic E-state index is 14.4. The fourth-order valence-corrected chi connectivity index (χ4v) is 7.41. The Hall–Kier alpha value is -5.61. The average molecular weight is 867 g/mol. The number of nitrogens with two attached hydrogens (primary N) is 1. The number of aromatic hydroxyl groups is 1. The molecule has 2 heterocycles. The lowest BCUT2D eigenvalue weighted by Gasteiger charge is -2.37. The minimum atomic E-state index is -2.41. The maximum Gasteiger partial charge on any atom is 0.246 e. The molecule has 1 radical (unpaired) electrons. The van der Waals surface area contributed by atoms with Crippen LogP contribution in [0, 0.1) is 10.8 Å². The van der Waals surface area contributed by atoms with Crippen molar-refractivity contribution in [2.75, 3.05) is 19.7 Å². The monoisotopic (exact) mass is 866 g/mol. The van der Waals surface area contributed by atoms with E-state index in [1.165, 1.54) is 24.3 Å². The molecule has 2 aromatic carbocycles. The minimum Gasteiger partial charge on any atom is -0.508 e. The Morgan fingerprint density at radius 3 is 1.82 bits per heavy atom. The second kappa shape index (κ2) is 20.8. The first-order valence-corrected chi connectivity index (χ1v) is 22.9. The van der Waals surface area contributed by atoms with Crippen molar-refractivity contribution in [3.63, 3.8) is 0 Å². The van der Waals surface area contributed by atoms with E-state index in [1.807, 2.05) is 52.1 Å². The standard InChI is InChI=1S/C40H60N11O9Si/c1-21(23-10-8-7-9-11-23)29(41)35(57)47-26(16-22-12-14-25(53)15-13-22)34(56)50-31(33(55)28-18-45-39(43)49-28)37(59)51-30(32(54)27-17-44-38(42)48-27)36(58)46-24(19-52)20-60-61(5,6)40(2,3)4/h7-15,21,24,26-33,53-55H,16-18,20,41H2,1-6H3,(H,46,58)(H,47,57)(H,50,56)(H,51,59)(H3,42,44,48)(H3,43,45,49)/t21?,24-,26+,27?,28?,29+,30+,31+,32?,33?/m1/s1. The van der Waals surface area contributed by atoms with E-state index >= 15 is 0 Å². The summed E-state index contributed by atoms with van der Waals surface area (Å²) in [5, 5.41) is 69.5. The third-order valence-electron chi connectivity index (χ3n) is 11.4. The summed E-state index contributed by atoms with van der Waals surface area (Å²) < 4.78 is 6.11. The number of phenolic OH excluding ortho intramolecular Hbond substituents is 1. The minimum absolute atomic E-state index is 0.0242. The van der Waals surface area contributed by atoms with Gasteiger partial charge in [-0.05, 0) is 41.4 Å². The molecule has 4 rings (SSSR count). The van der Waals surface area contributed by atoms with Gasteiger partial charge in [-0.15, -0.1) is 0 Å². The molecule has 20 nitrogen and oxygen atoms in total. The normalized spacial score (nSPS) is 20.4. The Morgan fingerprint density at radius 1 is 0.836 bits per heavy atom. The first-order chi connectivity index (χ1) is 28.6. The Bertz CT molecular complexity index is 1880. The molecule has 2 aliphatic heterocycles. The number of benzene rings is 2. The Labute approximate surface area is 356 Å². The summed E-state index contributed by atoms with van der Waals surface area (Å²) in [7, 11) is -2.41. The van der Waals surface area contributed by atoms with E-state index < -0.39 is 92.4 Å². The van der Waals surface area contributed by atoms with Crippen molar-refractivity contribution in [1.82, 2.24) is 42.5 Å². The van der Waals surface area contributed by atoms with Crippen LogP contribution in [-0.4, -0.2) is 140 Å². The molecule has 5 unspecified atom stereocenters. The quantitative estimate of drug-likeness (QED) is 0.0632. The van der Waals surface area contributed by atoms with Crippen LogP contribution in [0.15, 0.2) is 54.6 Å². The lowest BCUT2D eigenvalue weighted by atomic mass is 9.93. The molecule has 21 heteroatoms. The number of rotatable bonds is 20. The topological polar surface area (TPSA) is 325 Å². The predicted octanol–water partition coefficient (Wildman–Crippen LogP) is -2.15. The molecule has 61 heavy (non-hydrogen) atoms. The molecule has 2 fully saturated rings. The van der Waals surface area contributed by atoms with Crippen molar-refractivity contribution in [3.05, 3.63) is 65.7 Å². The largest absolute Gasteiger partial charge is 0.508 e. The van der Waals surface area contributed by atoms with Crippen LogP contribution in [-0.2, 0) is 34.8 Å². The number of guanidine groups is 2. The van der Waals surface area contributed by atoms with E-state index in [0.29, 0.717) is 5.56 Å². The Balaban J connectivity index is 1.64. The lowest BCUT2D eigenvalue weighted by molar-refractivity contribution is -0.138. The van der Waals surface area contributed by atoms with Crippen molar-refractivity contribution >= 4 is 50.2 Å². The van der Waals surface area contributed by atoms with Gasteiger partial charge in [0.15, 0.2) is 20.2 Å². The predicted molar refractivity (Wildman–Crippen MR) is 229 cm³/mol. The molecule has 0 spiro atoms. The molecule has 2 saturated heterocycles. The second-order valence-corrected chi connectivity index (χ2v) is 21.7. The zero-order chi connectivity index (χ0) is 45.2. The Kier molecular flexibility index (Phi) is 16.4. The summed E-state index contributed by atoms with van der Waals surface area (Å²) in [6.07, 6.45) is -1.94. The number of carbonyl (C=O) groups excluding carboxylic acids is 5. The van der Waals surface area contributed by atoms with Crippen molar-refractivity contribution in [3.8, 4) is 5.75 Å². The average Bonchev–Trinajstić information content (AvgIpc) is 3.87. The van der Waals surface area contributed by atoms with Crippen LogP contribution in [0.4, 0.5) is 0 Å². The van der Waals surface area contributed by atoms with Gasteiger partial charge < -0.3 is 68.0 Å². The highest BCUT2D eigenvalue weighted by atomic mass is 28.4. The van der Waals surface area contributed by atoms with E-state index in [9.17, 15) is 39.3 Å². The van der Waals surface area contributed by atoms with Crippen LogP contribution < -0.4 is 48.3 Å². The van der Waals surface area contributed by atoms with Gasteiger partial charge in [-0.1, -0.05) is 70.2 Å². The molecule has 0 bridgehead atoms. The van der Waals surface area contributed by atoms with E-state index in [0.717, 1.165) is 5.56 Å². The number of aliphatic hydroxyl groups is 2. The first-order valence-electron chi connectivity index (χ1n) is 20.0. The summed E-state index contributed by atoms with van der Waals surface area (Å²) >= 11 is 0. The molecular weight excluding hydrogens is 807 g/mol. The van der Waals surface area contributed by atoms with Crippen LogP contribution in [0.5, 0.6) is 5.75 Å². The van der Waals surface area contributed by atoms with Gasteiger partial charge in [0.05, 0.1) is 24.7 Å². The highest BCUT2D eigenvalue weighted by molar-refractivity contribution is 6.74. The van der Waals surface area contributed by atoms with Gasteiger partial charge in [0.25, 0.3) is 0 Å².